The SMILES string of the molecule is CC(NC(C)C1CCCC1)c1ccc(C#N)cc1. The van der Waals surface area contributed by atoms with Crippen LogP contribution in [-0.2, 0) is 0 Å². The quantitative estimate of drug-likeness (QED) is 0.872. The van der Waals surface area contributed by atoms with Gasteiger partial charge in [-0.3, -0.25) is 0 Å². The molecule has 1 saturated carbocycles. The third-order valence-corrected chi connectivity index (χ3v) is 4.16. The fraction of sp³-hybridized carbons (Fsp3) is 0.562. The number of hydrogen-bond donors (Lipinski definition) is 1. The van der Waals surface area contributed by atoms with E-state index in [9.17, 15) is 0 Å². The highest BCUT2D eigenvalue weighted by Gasteiger charge is 2.22. The number of nitriles is 1. The molecule has 1 aromatic rings. The zero-order valence-corrected chi connectivity index (χ0v) is 11.3. The summed E-state index contributed by atoms with van der Waals surface area (Å²) in [5.41, 5.74) is 1.99. The van der Waals surface area contributed by atoms with E-state index in [1.165, 1.54) is 31.2 Å². The van der Waals surface area contributed by atoms with Gasteiger partial charge in [-0.05, 0) is 50.3 Å². The first kappa shape index (κ1) is 13.1. The first-order chi connectivity index (χ1) is 8.70. The van der Waals surface area contributed by atoms with E-state index in [-0.39, 0.29) is 0 Å². The minimum absolute atomic E-state index is 0.355. The Kier molecular flexibility index (Phi) is 4.38. The molecule has 2 rings (SSSR count). The van der Waals surface area contributed by atoms with Crippen LogP contribution >= 0.6 is 0 Å². The van der Waals surface area contributed by atoms with Gasteiger partial charge < -0.3 is 5.32 Å². The fourth-order valence-electron chi connectivity index (χ4n) is 2.93. The Bertz CT molecular complexity index is 410. The molecule has 0 aromatic heterocycles. The second kappa shape index (κ2) is 6.02. The van der Waals surface area contributed by atoms with E-state index in [0.29, 0.717) is 12.1 Å². The van der Waals surface area contributed by atoms with Crippen molar-refractivity contribution < 1.29 is 0 Å². The fourth-order valence-corrected chi connectivity index (χ4v) is 2.93. The van der Waals surface area contributed by atoms with Crippen molar-refractivity contribution in [3.63, 3.8) is 0 Å². The lowest BCUT2D eigenvalue weighted by Gasteiger charge is -2.25. The number of hydrogen-bond acceptors (Lipinski definition) is 2. The molecule has 1 N–H and O–H groups in total. The van der Waals surface area contributed by atoms with Crippen LogP contribution in [0.15, 0.2) is 24.3 Å². The highest BCUT2D eigenvalue weighted by molar-refractivity contribution is 5.32. The predicted octanol–water partition coefficient (Wildman–Crippen LogP) is 3.79. The highest BCUT2D eigenvalue weighted by Crippen LogP contribution is 2.28. The van der Waals surface area contributed by atoms with Gasteiger partial charge in [0.25, 0.3) is 0 Å². The monoisotopic (exact) mass is 242 g/mol. The number of benzene rings is 1. The molecule has 1 aliphatic carbocycles. The van der Waals surface area contributed by atoms with Gasteiger partial charge in [0.2, 0.25) is 0 Å². The summed E-state index contributed by atoms with van der Waals surface area (Å²) in [6, 6.07) is 11.0. The minimum Gasteiger partial charge on any atom is -0.307 e. The van der Waals surface area contributed by atoms with E-state index in [4.69, 9.17) is 5.26 Å². The summed E-state index contributed by atoms with van der Waals surface area (Å²) >= 11 is 0. The van der Waals surface area contributed by atoms with Crippen LogP contribution in [0.2, 0.25) is 0 Å². The Labute approximate surface area is 110 Å². The molecule has 0 aliphatic heterocycles. The van der Waals surface area contributed by atoms with Crippen molar-refractivity contribution in [3.8, 4) is 6.07 Å². The molecule has 18 heavy (non-hydrogen) atoms. The summed E-state index contributed by atoms with van der Waals surface area (Å²) in [4.78, 5) is 0. The molecule has 0 saturated heterocycles. The van der Waals surface area contributed by atoms with Crippen molar-refractivity contribution in [2.45, 2.75) is 51.6 Å². The number of nitrogens with zero attached hydrogens (tertiary/aromatic N) is 1. The lowest BCUT2D eigenvalue weighted by atomic mass is 9.97. The van der Waals surface area contributed by atoms with Gasteiger partial charge in [0, 0.05) is 12.1 Å². The Hall–Kier alpha value is -1.33. The molecule has 2 heteroatoms. The van der Waals surface area contributed by atoms with Gasteiger partial charge in [0.05, 0.1) is 11.6 Å². The van der Waals surface area contributed by atoms with Crippen molar-refractivity contribution in [2.75, 3.05) is 0 Å². The Morgan fingerprint density at radius 3 is 2.33 bits per heavy atom. The van der Waals surface area contributed by atoms with Gasteiger partial charge in [-0.1, -0.05) is 25.0 Å². The van der Waals surface area contributed by atoms with Crippen LogP contribution in [0, 0.1) is 17.2 Å². The molecule has 0 amide bonds. The molecular weight excluding hydrogens is 220 g/mol. The summed E-state index contributed by atoms with van der Waals surface area (Å²) in [6.07, 6.45) is 5.52. The van der Waals surface area contributed by atoms with Crippen LogP contribution in [0.3, 0.4) is 0 Å². The zero-order valence-electron chi connectivity index (χ0n) is 11.3. The van der Waals surface area contributed by atoms with E-state index in [2.05, 4.69) is 37.4 Å². The maximum atomic E-state index is 8.79. The van der Waals surface area contributed by atoms with E-state index < -0.39 is 0 Å². The lowest BCUT2D eigenvalue weighted by molar-refractivity contribution is 0.352. The Morgan fingerprint density at radius 1 is 1.17 bits per heavy atom. The van der Waals surface area contributed by atoms with Crippen LogP contribution in [0.1, 0.15) is 56.7 Å². The molecule has 0 heterocycles. The van der Waals surface area contributed by atoms with E-state index in [1.54, 1.807) is 0 Å². The molecule has 2 unspecified atom stereocenters. The molecule has 1 fully saturated rings. The second-order valence-corrected chi connectivity index (χ2v) is 5.46. The van der Waals surface area contributed by atoms with Crippen molar-refractivity contribution >= 4 is 0 Å². The summed E-state index contributed by atoms with van der Waals surface area (Å²) in [6.45, 7) is 4.50. The second-order valence-electron chi connectivity index (χ2n) is 5.46. The maximum absolute atomic E-state index is 8.79. The van der Waals surface area contributed by atoms with Crippen LogP contribution in [-0.4, -0.2) is 6.04 Å². The van der Waals surface area contributed by atoms with Crippen molar-refractivity contribution in [3.05, 3.63) is 35.4 Å². The molecule has 2 nitrogen and oxygen atoms in total. The molecule has 0 spiro atoms. The molecule has 0 bridgehead atoms. The number of nitrogens with one attached hydrogen (secondary N) is 1. The number of rotatable bonds is 4. The first-order valence-electron chi connectivity index (χ1n) is 6.97. The van der Waals surface area contributed by atoms with E-state index >= 15 is 0 Å². The largest absolute Gasteiger partial charge is 0.307 e. The van der Waals surface area contributed by atoms with Gasteiger partial charge in [0.15, 0.2) is 0 Å². The van der Waals surface area contributed by atoms with Crippen LogP contribution in [0.4, 0.5) is 0 Å². The normalized spacial score (nSPS) is 19.4. The topological polar surface area (TPSA) is 35.8 Å². The maximum Gasteiger partial charge on any atom is 0.0991 e. The van der Waals surface area contributed by atoms with Crippen LogP contribution < -0.4 is 5.32 Å². The molecule has 1 aromatic carbocycles. The van der Waals surface area contributed by atoms with Gasteiger partial charge in [-0.15, -0.1) is 0 Å². The Morgan fingerprint density at radius 2 is 1.78 bits per heavy atom. The van der Waals surface area contributed by atoms with Gasteiger partial charge in [-0.25, -0.2) is 0 Å². The highest BCUT2D eigenvalue weighted by atomic mass is 14.9. The molecule has 1 aliphatic rings. The zero-order chi connectivity index (χ0) is 13.0. The first-order valence-corrected chi connectivity index (χ1v) is 6.97. The van der Waals surface area contributed by atoms with E-state index in [0.717, 1.165) is 11.5 Å². The molecular formula is C16H22N2. The van der Waals surface area contributed by atoms with Gasteiger partial charge in [0.1, 0.15) is 0 Å². The summed E-state index contributed by atoms with van der Waals surface area (Å²) in [5, 5.41) is 12.5. The van der Waals surface area contributed by atoms with Crippen LogP contribution in [0.25, 0.3) is 0 Å². The van der Waals surface area contributed by atoms with Crippen molar-refractivity contribution in [2.24, 2.45) is 5.92 Å². The average molecular weight is 242 g/mol. The predicted molar refractivity (Wildman–Crippen MR) is 74.1 cm³/mol. The smallest absolute Gasteiger partial charge is 0.0991 e. The third-order valence-electron chi connectivity index (χ3n) is 4.16. The van der Waals surface area contributed by atoms with Crippen LogP contribution in [0.5, 0.6) is 0 Å². The summed E-state index contributed by atoms with van der Waals surface area (Å²) < 4.78 is 0. The Balaban J connectivity index is 1.93. The standard InChI is InChI=1S/C16H22N2/c1-12(15-5-3-4-6-15)18-13(2)16-9-7-14(11-17)8-10-16/h7-10,12-13,15,18H,3-6H2,1-2H3. The average Bonchev–Trinajstić information content (AvgIpc) is 2.92. The van der Waals surface area contributed by atoms with E-state index in [1.807, 2.05) is 12.1 Å². The molecule has 2 atom stereocenters. The van der Waals surface area contributed by atoms with Gasteiger partial charge >= 0.3 is 0 Å². The molecule has 0 radical (unpaired) electrons. The molecule has 96 valence electrons. The van der Waals surface area contributed by atoms with Crippen molar-refractivity contribution in [1.82, 2.24) is 5.32 Å². The van der Waals surface area contributed by atoms with Crippen molar-refractivity contribution in [1.29, 1.82) is 5.26 Å². The summed E-state index contributed by atoms with van der Waals surface area (Å²) in [5.74, 6) is 0.839. The van der Waals surface area contributed by atoms with Gasteiger partial charge in [-0.2, -0.15) is 5.26 Å². The minimum atomic E-state index is 0.355. The summed E-state index contributed by atoms with van der Waals surface area (Å²) in [7, 11) is 0. The lowest BCUT2D eigenvalue weighted by Crippen LogP contribution is -2.34. The third kappa shape index (κ3) is 3.11.